The average molecular weight is 335 g/mol. The standard InChI is InChI=1S/C12H16BrFN2OS/c1-16(2)6-3-7-17-9-5-4-8(12(15)18)10(13)11(9)14/h4-5H,3,6-7H2,1-2H3,(H2,15,18). The van der Waals surface area contributed by atoms with Crippen molar-refractivity contribution < 1.29 is 9.13 Å². The lowest BCUT2D eigenvalue weighted by molar-refractivity contribution is 0.270. The van der Waals surface area contributed by atoms with Gasteiger partial charge in [-0.05, 0) is 48.6 Å². The fraction of sp³-hybridized carbons (Fsp3) is 0.417. The molecule has 6 heteroatoms. The highest BCUT2D eigenvalue weighted by atomic mass is 79.9. The van der Waals surface area contributed by atoms with Crippen LogP contribution in [0.3, 0.4) is 0 Å². The summed E-state index contributed by atoms with van der Waals surface area (Å²) in [5, 5.41) is 0. The van der Waals surface area contributed by atoms with Crippen LogP contribution in [0.4, 0.5) is 4.39 Å². The minimum atomic E-state index is -0.467. The summed E-state index contributed by atoms with van der Waals surface area (Å²) < 4.78 is 19.5. The van der Waals surface area contributed by atoms with Crippen LogP contribution in [-0.4, -0.2) is 37.1 Å². The predicted octanol–water partition coefficient (Wildman–Crippen LogP) is 2.55. The van der Waals surface area contributed by atoms with Gasteiger partial charge in [-0.25, -0.2) is 4.39 Å². The summed E-state index contributed by atoms with van der Waals surface area (Å²) in [4.78, 5) is 2.20. The molecule has 0 aliphatic heterocycles. The van der Waals surface area contributed by atoms with Crippen LogP contribution in [0.5, 0.6) is 5.75 Å². The molecule has 100 valence electrons. The van der Waals surface area contributed by atoms with Gasteiger partial charge in [-0.3, -0.25) is 0 Å². The van der Waals surface area contributed by atoms with Gasteiger partial charge in [0.05, 0.1) is 11.1 Å². The van der Waals surface area contributed by atoms with Crippen LogP contribution in [0, 0.1) is 5.82 Å². The maximum atomic E-state index is 13.9. The number of benzene rings is 1. The number of ether oxygens (including phenoxy) is 1. The third kappa shape index (κ3) is 4.19. The van der Waals surface area contributed by atoms with Crippen molar-refractivity contribution >= 4 is 33.1 Å². The van der Waals surface area contributed by atoms with Crippen molar-refractivity contribution in [3.63, 3.8) is 0 Å². The zero-order chi connectivity index (χ0) is 13.7. The third-order valence-corrected chi connectivity index (χ3v) is 3.31. The average Bonchev–Trinajstić information content (AvgIpc) is 2.29. The number of rotatable bonds is 6. The first-order valence-electron chi connectivity index (χ1n) is 5.48. The molecule has 0 radical (unpaired) electrons. The molecular formula is C12H16BrFN2OS. The Labute approximate surface area is 120 Å². The first kappa shape index (κ1) is 15.3. The van der Waals surface area contributed by atoms with Crippen molar-refractivity contribution in [2.24, 2.45) is 5.73 Å². The molecule has 1 aromatic carbocycles. The van der Waals surface area contributed by atoms with Gasteiger partial charge in [-0.1, -0.05) is 12.2 Å². The summed E-state index contributed by atoms with van der Waals surface area (Å²) in [6.07, 6.45) is 0.834. The molecule has 0 spiro atoms. The van der Waals surface area contributed by atoms with Crippen molar-refractivity contribution in [1.82, 2.24) is 4.90 Å². The van der Waals surface area contributed by atoms with Crippen LogP contribution in [-0.2, 0) is 0 Å². The number of hydrogen-bond donors (Lipinski definition) is 1. The number of nitrogens with zero attached hydrogens (tertiary/aromatic N) is 1. The van der Waals surface area contributed by atoms with Gasteiger partial charge >= 0.3 is 0 Å². The van der Waals surface area contributed by atoms with E-state index < -0.39 is 5.82 Å². The second kappa shape index (κ2) is 7.01. The molecule has 0 atom stereocenters. The van der Waals surface area contributed by atoms with Gasteiger partial charge < -0.3 is 15.4 Å². The lowest BCUT2D eigenvalue weighted by Crippen LogP contribution is -2.16. The van der Waals surface area contributed by atoms with Gasteiger partial charge in [0, 0.05) is 12.1 Å². The van der Waals surface area contributed by atoms with Crippen LogP contribution < -0.4 is 10.5 Å². The summed E-state index contributed by atoms with van der Waals surface area (Å²) in [7, 11) is 3.96. The Balaban J connectivity index is 2.68. The predicted molar refractivity (Wildman–Crippen MR) is 78.7 cm³/mol. The molecule has 0 unspecified atom stereocenters. The summed E-state index contributed by atoms with van der Waals surface area (Å²) in [5.41, 5.74) is 5.95. The molecule has 0 heterocycles. The second-order valence-corrected chi connectivity index (χ2v) is 5.34. The van der Waals surface area contributed by atoms with E-state index in [2.05, 4.69) is 15.9 Å². The molecule has 1 rings (SSSR count). The molecule has 0 amide bonds. The molecule has 0 fully saturated rings. The highest BCUT2D eigenvalue weighted by Gasteiger charge is 2.13. The summed E-state index contributed by atoms with van der Waals surface area (Å²) >= 11 is 7.96. The maximum absolute atomic E-state index is 13.9. The lowest BCUT2D eigenvalue weighted by atomic mass is 10.2. The van der Waals surface area contributed by atoms with E-state index in [-0.39, 0.29) is 15.2 Å². The Morgan fingerprint density at radius 1 is 1.50 bits per heavy atom. The smallest absolute Gasteiger partial charge is 0.179 e. The van der Waals surface area contributed by atoms with E-state index in [0.29, 0.717) is 12.2 Å². The van der Waals surface area contributed by atoms with Crippen molar-refractivity contribution in [3.05, 3.63) is 28.0 Å². The molecule has 2 N–H and O–H groups in total. The quantitative estimate of drug-likeness (QED) is 0.641. The number of halogens is 2. The van der Waals surface area contributed by atoms with E-state index >= 15 is 0 Å². The van der Waals surface area contributed by atoms with Gasteiger partial charge in [0.2, 0.25) is 0 Å². The van der Waals surface area contributed by atoms with E-state index in [1.54, 1.807) is 12.1 Å². The van der Waals surface area contributed by atoms with Gasteiger partial charge in [-0.2, -0.15) is 0 Å². The fourth-order valence-corrected chi connectivity index (χ4v) is 2.24. The van der Waals surface area contributed by atoms with Crippen molar-refractivity contribution in [3.8, 4) is 5.75 Å². The van der Waals surface area contributed by atoms with Crippen LogP contribution in [0.25, 0.3) is 0 Å². The number of nitrogens with two attached hydrogens (primary N) is 1. The normalized spacial score (nSPS) is 10.7. The van der Waals surface area contributed by atoms with E-state index in [0.717, 1.165) is 13.0 Å². The van der Waals surface area contributed by atoms with E-state index in [4.69, 9.17) is 22.7 Å². The SMILES string of the molecule is CN(C)CCCOc1ccc(C(N)=S)c(Br)c1F. The summed E-state index contributed by atoms with van der Waals surface area (Å²) in [6, 6.07) is 3.20. The minimum Gasteiger partial charge on any atom is -0.490 e. The summed E-state index contributed by atoms with van der Waals surface area (Å²) in [6.45, 7) is 1.36. The Morgan fingerprint density at radius 3 is 2.72 bits per heavy atom. The van der Waals surface area contributed by atoms with E-state index in [9.17, 15) is 4.39 Å². The highest BCUT2D eigenvalue weighted by Crippen LogP contribution is 2.28. The molecule has 3 nitrogen and oxygen atoms in total. The van der Waals surface area contributed by atoms with Crippen molar-refractivity contribution in [2.45, 2.75) is 6.42 Å². The molecule has 0 saturated carbocycles. The lowest BCUT2D eigenvalue weighted by Gasteiger charge is -2.12. The Kier molecular flexibility index (Phi) is 5.98. The summed E-state index contributed by atoms with van der Waals surface area (Å²) in [5.74, 6) is -0.259. The number of thiocarbonyl (C=S) groups is 1. The molecule has 0 aromatic heterocycles. The zero-order valence-corrected chi connectivity index (χ0v) is 12.8. The van der Waals surface area contributed by atoms with Crippen LogP contribution in [0.1, 0.15) is 12.0 Å². The van der Waals surface area contributed by atoms with Gasteiger partial charge in [-0.15, -0.1) is 0 Å². The van der Waals surface area contributed by atoms with Crippen LogP contribution in [0.2, 0.25) is 0 Å². The molecule has 0 aliphatic carbocycles. The van der Waals surface area contributed by atoms with Crippen molar-refractivity contribution in [1.29, 1.82) is 0 Å². The molecule has 1 aromatic rings. The Morgan fingerprint density at radius 2 is 2.17 bits per heavy atom. The first-order chi connectivity index (χ1) is 8.43. The van der Waals surface area contributed by atoms with Gasteiger partial charge in [0.1, 0.15) is 4.99 Å². The van der Waals surface area contributed by atoms with E-state index in [1.165, 1.54) is 0 Å². The Hall–Kier alpha value is -0.720. The molecule has 0 aliphatic rings. The molecule has 0 saturated heterocycles. The largest absolute Gasteiger partial charge is 0.490 e. The van der Waals surface area contributed by atoms with Gasteiger partial charge in [0.15, 0.2) is 11.6 Å². The monoisotopic (exact) mass is 334 g/mol. The van der Waals surface area contributed by atoms with Gasteiger partial charge in [0.25, 0.3) is 0 Å². The minimum absolute atomic E-state index is 0.153. The van der Waals surface area contributed by atoms with E-state index in [1.807, 2.05) is 19.0 Å². The zero-order valence-electron chi connectivity index (χ0n) is 10.4. The molecule has 0 bridgehead atoms. The third-order valence-electron chi connectivity index (χ3n) is 2.32. The molecule has 18 heavy (non-hydrogen) atoms. The van der Waals surface area contributed by atoms with Crippen LogP contribution >= 0.6 is 28.1 Å². The first-order valence-corrected chi connectivity index (χ1v) is 6.69. The fourth-order valence-electron chi connectivity index (χ4n) is 1.40. The maximum Gasteiger partial charge on any atom is 0.179 e. The van der Waals surface area contributed by atoms with Crippen molar-refractivity contribution in [2.75, 3.05) is 27.2 Å². The topological polar surface area (TPSA) is 38.5 Å². The second-order valence-electron chi connectivity index (χ2n) is 4.11. The highest BCUT2D eigenvalue weighted by molar-refractivity contribution is 9.10. The van der Waals surface area contributed by atoms with Crippen LogP contribution in [0.15, 0.2) is 16.6 Å². The number of hydrogen-bond acceptors (Lipinski definition) is 3. The molecular weight excluding hydrogens is 319 g/mol. The Bertz CT molecular complexity index is 440.